The first kappa shape index (κ1) is 17.9. The van der Waals surface area contributed by atoms with Gasteiger partial charge in [-0.3, -0.25) is 25.0 Å². The molecule has 2 aromatic rings. The maximum Gasteiger partial charge on any atom is 0.295 e. The fraction of sp³-hybridized carbons (Fsp3) is 0. The number of halogens is 3. The van der Waals surface area contributed by atoms with Gasteiger partial charge in [-0.25, -0.2) is 0 Å². The number of carbonyl (C=O) groups excluding carboxylic acids is 1. The number of rotatable bonds is 4. The average Bonchev–Trinajstić information content (AvgIpc) is 2.45. The zero-order valence-corrected chi connectivity index (χ0v) is 13.7. The zero-order valence-electron chi connectivity index (χ0n) is 11.5. The van der Waals surface area contributed by atoms with Gasteiger partial charge in [0.1, 0.15) is 5.02 Å². The molecule has 0 radical (unpaired) electrons. The molecule has 24 heavy (non-hydrogen) atoms. The Bertz CT molecular complexity index is 852. The third-order valence-electron chi connectivity index (χ3n) is 2.81. The first-order chi connectivity index (χ1) is 11.2. The summed E-state index contributed by atoms with van der Waals surface area (Å²) in [5.74, 6) is -0.884. The highest BCUT2D eigenvalue weighted by molar-refractivity contribution is 6.37. The summed E-state index contributed by atoms with van der Waals surface area (Å²) in [4.78, 5) is 32.3. The van der Waals surface area contributed by atoms with Crippen LogP contribution < -0.4 is 5.32 Å². The summed E-state index contributed by atoms with van der Waals surface area (Å²) in [6.07, 6.45) is 0. The predicted octanol–water partition coefficient (Wildman–Crippen LogP) is 4.72. The monoisotopic (exact) mass is 389 g/mol. The van der Waals surface area contributed by atoms with Gasteiger partial charge in [-0.05, 0) is 18.2 Å². The number of amides is 1. The van der Waals surface area contributed by atoms with E-state index in [-0.39, 0.29) is 15.7 Å². The van der Waals surface area contributed by atoms with E-state index in [0.717, 1.165) is 6.07 Å². The molecule has 0 aliphatic heterocycles. The summed E-state index contributed by atoms with van der Waals surface area (Å²) in [6.45, 7) is 0. The van der Waals surface area contributed by atoms with Gasteiger partial charge < -0.3 is 5.32 Å². The minimum absolute atomic E-state index is 0.197. The summed E-state index contributed by atoms with van der Waals surface area (Å²) >= 11 is 17.4. The van der Waals surface area contributed by atoms with E-state index in [1.807, 2.05) is 0 Å². The van der Waals surface area contributed by atoms with Crippen LogP contribution in [0.25, 0.3) is 0 Å². The van der Waals surface area contributed by atoms with Crippen LogP contribution in [0.3, 0.4) is 0 Å². The molecule has 124 valence electrons. The Labute approximate surface area is 149 Å². The SMILES string of the molecule is O=C(Nc1cc(Cl)cc(Cl)c1)c1cc([N+](=O)[O-])cc([N+](=O)[O-])c1Cl. The van der Waals surface area contributed by atoms with Crippen molar-refractivity contribution in [1.82, 2.24) is 0 Å². The van der Waals surface area contributed by atoms with E-state index < -0.39 is 37.7 Å². The number of anilines is 1. The number of nitro benzene ring substituents is 2. The van der Waals surface area contributed by atoms with E-state index in [4.69, 9.17) is 34.8 Å². The zero-order chi connectivity index (χ0) is 18.0. The molecule has 2 aromatic carbocycles. The molecular formula is C13H6Cl3N3O5. The fourth-order valence-electron chi connectivity index (χ4n) is 1.82. The van der Waals surface area contributed by atoms with Gasteiger partial charge in [-0.1, -0.05) is 34.8 Å². The lowest BCUT2D eigenvalue weighted by Crippen LogP contribution is -2.13. The molecule has 0 saturated carbocycles. The van der Waals surface area contributed by atoms with Crippen LogP contribution in [0.1, 0.15) is 10.4 Å². The minimum atomic E-state index is -0.914. The Morgan fingerprint density at radius 3 is 2.00 bits per heavy atom. The largest absolute Gasteiger partial charge is 0.322 e. The molecule has 0 saturated heterocycles. The van der Waals surface area contributed by atoms with Crippen LogP contribution in [-0.4, -0.2) is 15.8 Å². The number of nitrogens with zero attached hydrogens (tertiary/aromatic N) is 2. The van der Waals surface area contributed by atoms with Gasteiger partial charge in [-0.2, -0.15) is 0 Å². The van der Waals surface area contributed by atoms with Crippen molar-refractivity contribution in [3.05, 3.63) is 71.2 Å². The van der Waals surface area contributed by atoms with Gasteiger partial charge in [0.15, 0.2) is 0 Å². The van der Waals surface area contributed by atoms with Crippen LogP contribution in [0, 0.1) is 20.2 Å². The van der Waals surface area contributed by atoms with E-state index in [9.17, 15) is 25.0 Å². The van der Waals surface area contributed by atoms with Crippen LogP contribution in [0.5, 0.6) is 0 Å². The first-order valence-corrected chi connectivity index (χ1v) is 7.22. The number of hydrogen-bond donors (Lipinski definition) is 1. The highest BCUT2D eigenvalue weighted by Gasteiger charge is 2.26. The van der Waals surface area contributed by atoms with E-state index in [2.05, 4.69) is 5.32 Å². The van der Waals surface area contributed by atoms with E-state index in [1.165, 1.54) is 18.2 Å². The standard InChI is InChI=1S/C13H6Cl3N3O5/c14-6-1-7(15)3-8(2-6)17-13(20)10-4-9(18(21)22)5-11(12(10)16)19(23)24/h1-5H,(H,17,20). The predicted molar refractivity (Wildman–Crippen MR) is 89.2 cm³/mol. The highest BCUT2D eigenvalue weighted by Crippen LogP contribution is 2.33. The van der Waals surface area contributed by atoms with Crippen molar-refractivity contribution in [2.75, 3.05) is 5.32 Å². The van der Waals surface area contributed by atoms with Crippen molar-refractivity contribution in [3.63, 3.8) is 0 Å². The minimum Gasteiger partial charge on any atom is -0.322 e. The molecule has 11 heteroatoms. The second-order valence-corrected chi connectivity index (χ2v) is 5.70. The topological polar surface area (TPSA) is 115 Å². The molecule has 8 nitrogen and oxygen atoms in total. The van der Waals surface area contributed by atoms with Crippen LogP contribution in [-0.2, 0) is 0 Å². The molecule has 0 heterocycles. The van der Waals surface area contributed by atoms with Gasteiger partial charge in [0, 0.05) is 21.8 Å². The molecule has 0 fully saturated rings. The molecule has 1 amide bonds. The van der Waals surface area contributed by atoms with Crippen molar-refractivity contribution >= 4 is 57.8 Å². The van der Waals surface area contributed by atoms with Gasteiger partial charge in [-0.15, -0.1) is 0 Å². The van der Waals surface area contributed by atoms with Gasteiger partial charge in [0.25, 0.3) is 17.3 Å². The van der Waals surface area contributed by atoms with Gasteiger partial charge in [0.05, 0.1) is 21.5 Å². The van der Waals surface area contributed by atoms with E-state index >= 15 is 0 Å². The average molecular weight is 391 g/mol. The van der Waals surface area contributed by atoms with Crippen molar-refractivity contribution in [3.8, 4) is 0 Å². The number of benzene rings is 2. The maximum atomic E-state index is 12.3. The molecule has 0 atom stereocenters. The second-order valence-electron chi connectivity index (χ2n) is 4.45. The molecule has 0 aliphatic rings. The smallest absolute Gasteiger partial charge is 0.295 e. The lowest BCUT2D eigenvalue weighted by atomic mass is 10.1. The summed E-state index contributed by atoms with van der Waals surface area (Å²) < 4.78 is 0. The Balaban J connectivity index is 2.48. The number of carbonyl (C=O) groups is 1. The van der Waals surface area contributed by atoms with Crippen LogP contribution in [0.4, 0.5) is 17.1 Å². The van der Waals surface area contributed by atoms with Crippen LogP contribution in [0.2, 0.25) is 15.1 Å². The molecular weight excluding hydrogens is 385 g/mol. The number of nitrogens with one attached hydrogen (secondary N) is 1. The maximum absolute atomic E-state index is 12.3. The van der Waals surface area contributed by atoms with Gasteiger partial charge in [0.2, 0.25) is 0 Å². The molecule has 1 N–H and O–H groups in total. The summed E-state index contributed by atoms with van der Waals surface area (Å²) in [7, 11) is 0. The third kappa shape index (κ3) is 3.91. The van der Waals surface area contributed by atoms with Crippen LogP contribution >= 0.6 is 34.8 Å². The van der Waals surface area contributed by atoms with Gasteiger partial charge >= 0.3 is 0 Å². The third-order valence-corrected chi connectivity index (χ3v) is 3.64. The Morgan fingerprint density at radius 1 is 0.917 bits per heavy atom. The Hall–Kier alpha value is -2.42. The number of nitro groups is 2. The summed E-state index contributed by atoms with van der Waals surface area (Å²) in [5, 5.41) is 24.2. The quantitative estimate of drug-likeness (QED) is 0.599. The number of non-ortho nitro benzene ring substituents is 1. The van der Waals surface area contributed by atoms with E-state index in [0.29, 0.717) is 6.07 Å². The summed E-state index contributed by atoms with van der Waals surface area (Å²) in [6, 6.07) is 5.71. The van der Waals surface area contributed by atoms with E-state index in [1.54, 1.807) is 0 Å². The van der Waals surface area contributed by atoms with Crippen molar-refractivity contribution < 1.29 is 14.6 Å². The lowest BCUT2D eigenvalue weighted by molar-refractivity contribution is -0.394. The molecule has 2 rings (SSSR count). The Morgan fingerprint density at radius 2 is 1.50 bits per heavy atom. The lowest BCUT2D eigenvalue weighted by Gasteiger charge is -2.08. The Kier molecular flexibility index (Phi) is 5.23. The molecule has 0 spiro atoms. The molecule has 0 bridgehead atoms. The van der Waals surface area contributed by atoms with Crippen molar-refractivity contribution in [2.24, 2.45) is 0 Å². The molecule has 0 unspecified atom stereocenters. The molecule has 0 aromatic heterocycles. The van der Waals surface area contributed by atoms with Crippen molar-refractivity contribution in [2.45, 2.75) is 0 Å². The summed E-state index contributed by atoms with van der Waals surface area (Å²) in [5.41, 5.74) is -1.61. The molecule has 0 aliphatic carbocycles. The first-order valence-electron chi connectivity index (χ1n) is 6.09. The van der Waals surface area contributed by atoms with Crippen LogP contribution in [0.15, 0.2) is 30.3 Å². The highest BCUT2D eigenvalue weighted by atomic mass is 35.5. The number of hydrogen-bond acceptors (Lipinski definition) is 5. The second kappa shape index (κ2) is 7.00. The normalized spacial score (nSPS) is 10.3. The fourth-order valence-corrected chi connectivity index (χ4v) is 2.61. The van der Waals surface area contributed by atoms with Crippen molar-refractivity contribution in [1.29, 1.82) is 0 Å².